The Morgan fingerprint density at radius 1 is 0.718 bits per heavy atom. The van der Waals surface area contributed by atoms with Crippen molar-refractivity contribution in [2.75, 3.05) is 7.11 Å². The van der Waals surface area contributed by atoms with Crippen molar-refractivity contribution in [3.63, 3.8) is 0 Å². The van der Waals surface area contributed by atoms with E-state index in [1.54, 1.807) is 89.4 Å². The van der Waals surface area contributed by atoms with Crippen LogP contribution in [-0.4, -0.2) is 54.6 Å². The third-order valence-corrected chi connectivity index (χ3v) is 6.11. The standard InChI is InChI=1S/C29H38N4O6/c1-17(2)23(25(34)29(38)30-16-20-12-14-22(39-6)15-13-20)32-26(35)19(5)31-28(37)24(18(3)4)33-27(36)21-10-8-7-9-11-21/h7-15,17-19,23-24H,16H2,1-6H3,(H,30,38)(H,31,37)(H,32,35)(H,33,36)/t19-,23-,24-/m0/s1. The van der Waals surface area contributed by atoms with Gasteiger partial charge in [0.05, 0.1) is 13.2 Å². The molecule has 0 aromatic heterocycles. The quantitative estimate of drug-likeness (QED) is 0.287. The van der Waals surface area contributed by atoms with Crippen LogP contribution in [0.2, 0.25) is 0 Å². The summed E-state index contributed by atoms with van der Waals surface area (Å²) in [5.41, 5.74) is 1.18. The van der Waals surface area contributed by atoms with Crippen LogP contribution in [0.4, 0.5) is 0 Å². The van der Waals surface area contributed by atoms with Gasteiger partial charge >= 0.3 is 0 Å². The number of benzene rings is 2. The lowest BCUT2D eigenvalue weighted by Crippen LogP contribution is -2.57. The van der Waals surface area contributed by atoms with Gasteiger partial charge in [-0.05, 0) is 48.6 Å². The zero-order chi connectivity index (χ0) is 29.1. The Bertz CT molecular complexity index is 1150. The molecule has 0 spiro atoms. The number of hydrogen-bond acceptors (Lipinski definition) is 6. The largest absolute Gasteiger partial charge is 0.497 e. The topological polar surface area (TPSA) is 143 Å². The van der Waals surface area contributed by atoms with Crippen molar-refractivity contribution in [2.24, 2.45) is 11.8 Å². The van der Waals surface area contributed by atoms with Gasteiger partial charge < -0.3 is 26.0 Å². The Kier molecular flexibility index (Phi) is 11.7. The number of hydrogen-bond donors (Lipinski definition) is 4. The van der Waals surface area contributed by atoms with Gasteiger partial charge in [-0.3, -0.25) is 24.0 Å². The van der Waals surface area contributed by atoms with E-state index in [9.17, 15) is 24.0 Å². The lowest BCUT2D eigenvalue weighted by molar-refractivity contribution is -0.141. The fraction of sp³-hybridized carbons (Fsp3) is 0.414. The molecule has 0 heterocycles. The van der Waals surface area contributed by atoms with E-state index in [-0.39, 0.29) is 18.4 Å². The summed E-state index contributed by atoms with van der Waals surface area (Å²) in [7, 11) is 1.55. The van der Waals surface area contributed by atoms with Gasteiger partial charge in [-0.1, -0.05) is 58.0 Å². The van der Waals surface area contributed by atoms with Gasteiger partial charge in [0.1, 0.15) is 17.8 Å². The van der Waals surface area contributed by atoms with Gasteiger partial charge in [-0.15, -0.1) is 0 Å². The molecule has 0 unspecified atom stereocenters. The zero-order valence-corrected chi connectivity index (χ0v) is 23.2. The lowest BCUT2D eigenvalue weighted by atomic mass is 9.98. The first kappa shape index (κ1) is 31.0. The fourth-order valence-electron chi connectivity index (χ4n) is 3.69. The molecule has 0 aliphatic rings. The van der Waals surface area contributed by atoms with Gasteiger partial charge in [0.2, 0.25) is 17.6 Å². The van der Waals surface area contributed by atoms with Crippen LogP contribution in [-0.2, 0) is 25.7 Å². The maximum Gasteiger partial charge on any atom is 0.289 e. The monoisotopic (exact) mass is 538 g/mol. The van der Waals surface area contributed by atoms with Gasteiger partial charge in [0.15, 0.2) is 0 Å². The SMILES string of the molecule is COc1ccc(CNC(=O)C(=O)[C@@H](NC(=O)[C@H](C)NC(=O)[C@@H](NC(=O)c2ccccc2)C(C)C)C(C)C)cc1. The summed E-state index contributed by atoms with van der Waals surface area (Å²) in [5, 5.41) is 10.5. The minimum absolute atomic E-state index is 0.130. The molecule has 0 bridgehead atoms. The van der Waals surface area contributed by atoms with E-state index >= 15 is 0 Å². The maximum atomic E-state index is 12.9. The molecule has 2 aromatic rings. The molecule has 0 saturated heterocycles. The van der Waals surface area contributed by atoms with Crippen LogP contribution >= 0.6 is 0 Å². The van der Waals surface area contributed by atoms with Crippen LogP contribution in [0, 0.1) is 11.8 Å². The number of Topliss-reactive ketones (excluding diaryl/α,β-unsaturated/α-hetero) is 1. The first-order chi connectivity index (χ1) is 18.4. The first-order valence-electron chi connectivity index (χ1n) is 12.9. The third kappa shape index (κ3) is 9.24. The van der Waals surface area contributed by atoms with Crippen molar-refractivity contribution in [3.05, 3.63) is 65.7 Å². The molecular weight excluding hydrogens is 500 g/mol. The molecule has 2 rings (SSSR count). The molecular formula is C29H38N4O6. The summed E-state index contributed by atoms with van der Waals surface area (Å²) in [5.74, 6) is -3.17. The minimum atomic E-state index is -1.09. The normalized spacial score (nSPS) is 13.1. The van der Waals surface area contributed by atoms with Crippen LogP contribution in [0.3, 0.4) is 0 Å². The van der Waals surface area contributed by atoms with E-state index in [1.807, 2.05) is 0 Å². The Labute approximate surface area is 229 Å². The Balaban J connectivity index is 1.97. The van der Waals surface area contributed by atoms with Crippen molar-refractivity contribution in [1.82, 2.24) is 21.3 Å². The van der Waals surface area contributed by atoms with E-state index in [4.69, 9.17) is 4.74 Å². The number of amides is 4. The van der Waals surface area contributed by atoms with E-state index < -0.39 is 47.5 Å². The highest BCUT2D eigenvalue weighted by Crippen LogP contribution is 2.11. The highest BCUT2D eigenvalue weighted by Gasteiger charge is 2.32. The first-order valence-corrected chi connectivity index (χ1v) is 12.9. The molecule has 4 N–H and O–H groups in total. The molecule has 4 amide bonds. The lowest BCUT2D eigenvalue weighted by Gasteiger charge is -2.26. The molecule has 0 aliphatic heterocycles. The maximum absolute atomic E-state index is 12.9. The van der Waals surface area contributed by atoms with Crippen molar-refractivity contribution in [1.29, 1.82) is 0 Å². The Morgan fingerprint density at radius 3 is 1.85 bits per heavy atom. The summed E-state index contributed by atoms with van der Waals surface area (Å²) < 4.78 is 5.10. The number of rotatable bonds is 13. The van der Waals surface area contributed by atoms with Crippen molar-refractivity contribution < 1.29 is 28.7 Å². The second kappa shape index (κ2) is 14.7. The van der Waals surface area contributed by atoms with Crippen molar-refractivity contribution in [3.8, 4) is 5.75 Å². The number of nitrogens with one attached hydrogen (secondary N) is 4. The minimum Gasteiger partial charge on any atom is -0.497 e. The van der Waals surface area contributed by atoms with Crippen LogP contribution in [0.1, 0.15) is 50.5 Å². The van der Waals surface area contributed by atoms with Crippen LogP contribution in [0.15, 0.2) is 54.6 Å². The number of ether oxygens (including phenoxy) is 1. The molecule has 0 fully saturated rings. The predicted octanol–water partition coefficient (Wildman–Crippen LogP) is 1.98. The van der Waals surface area contributed by atoms with Gasteiger partial charge in [-0.25, -0.2) is 0 Å². The number of carbonyl (C=O) groups excluding carboxylic acids is 5. The summed E-state index contributed by atoms with van der Waals surface area (Å²) in [4.78, 5) is 63.8. The summed E-state index contributed by atoms with van der Waals surface area (Å²) in [6.07, 6.45) is 0. The van der Waals surface area contributed by atoms with Crippen molar-refractivity contribution in [2.45, 2.75) is 59.3 Å². The second-order valence-corrected chi connectivity index (χ2v) is 9.92. The van der Waals surface area contributed by atoms with E-state index in [2.05, 4.69) is 21.3 Å². The molecule has 0 saturated carbocycles. The molecule has 0 radical (unpaired) electrons. The molecule has 10 heteroatoms. The average molecular weight is 539 g/mol. The molecule has 210 valence electrons. The van der Waals surface area contributed by atoms with Crippen LogP contribution in [0.25, 0.3) is 0 Å². The molecule has 3 atom stereocenters. The van der Waals surface area contributed by atoms with E-state index in [1.165, 1.54) is 6.92 Å². The van der Waals surface area contributed by atoms with Gasteiger partial charge in [0.25, 0.3) is 11.8 Å². The second-order valence-electron chi connectivity index (χ2n) is 9.92. The fourth-order valence-corrected chi connectivity index (χ4v) is 3.69. The number of carbonyl (C=O) groups is 5. The Morgan fingerprint density at radius 2 is 1.31 bits per heavy atom. The highest BCUT2D eigenvalue weighted by atomic mass is 16.5. The number of methoxy groups -OCH3 is 1. The average Bonchev–Trinajstić information content (AvgIpc) is 2.92. The summed E-state index contributed by atoms with van der Waals surface area (Å²) in [6.45, 7) is 8.56. The Hall–Kier alpha value is -4.21. The highest BCUT2D eigenvalue weighted by molar-refractivity contribution is 6.38. The van der Waals surface area contributed by atoms with Crippen molar-refractivity contribution >= 4 is 29.4 Å². The molecule has 0 aliphatic carbocycles. The number of ketones is 1. The van der Waals surface area contributed by atoms with Gasteiger partial charge in [-0.2, -0.15) is 0 Å². The third-order valence-electron chi connectivity index (χ3n) is 6.11. The molecule has 10 nitrogen and oxygen atoms in total. The van der Waals surface area contributed by atoms with E-state index in [0.29, 0.717) is 11.3 Å². The molecule has 2 aromatic carbocycles. The summed E-state index contributed by atoms with van der Waals surface area (Å²) in [6, 6.07) is 12.5. The van der Waals surface area contributed by atoms with Crippen LogP contribution in [0.5, 0.6) is 5.75 Å². The van der Waals surface area contributed by atoms with E-state index in [0.717, 1.165) is 5.56 Å². The zero-order valence-electron chi connectivity index (χ0n) is 23.2. The molecule has 39 heavy (non-hydrogen) atoms. The predicted molar refractivity (Wildman–Crippen MR) is 147 cm³/mol. The van der Waals surface area contributed by atoms with Gasteiger partial charge in [0, 0.05) is 12.1 Å². The van der Waals surface area contributed by atoms with Crippen LogP contribution < -0.4 is 26.0 Å². The smallest absolute Gasteiger partial charge is 0.289 e. The summed E-state index contributed by atoms with van der Waals surface area (Å²) >= 11 is 0.